The molecule has 0 N–H and O–H groups in total. The van der Waals surface area contributed by atoms with Crippen LogP contribution in [0.2, 0.25) is 0 Å². The summed E-state index contributed by atoms with van der Waals surface area (Å²) in [5, 5.41) is 0. The van der Waals surface area contributed by atoms with E-state index in [0.717, 1.165) is 147 Å². The molecule has 25 heteroatoms. The van der Waals surface area contributed by atoms with E-state index in [0.29, 0.717) is 146 Å². The molecule has 24 nitrogen and oxygen atoms in total. The summed E-state index contributed by atoms with van der Waals surface area (Å²) in [5.41, 5.74) is 2.12. The molecule has 5 saturated heterocycles. The van der Waals surface area contributed by atoms with E-state index in [9.17, 15) is 33.2 Å². The summed E-state index contributed by atoms with van der Waals surface area (Å²) in [7, 11) is 0. The monoisotopic (exact) mass is 1580 g/mol. The van der Waals surface area contributed by atoms with Crippen LogP contribution >= 0.6 is 0 Å². The van der Waals surface area contributed by atoms with Crippen LogP contribution in [0.25, 0.3) is 0 Å². The van der Waals surface area contributed by atoms with Gasteiger partial charge in [0.1, 0.15) is 75.5 Å². The van der Waals surface area contributed by atoms with Crippen molar-refractivity contribution in [2.75, 3.05) is 99.1 Å². The molecule has 0 aromatic heterocycles. The Morgan fingerprint density at radius 3 is 0.983 bits per heavy atom. The van der Waals surface area contributed by atoms with Crippen molar-refractivity contribution in [1.82, 2.24) is 0 Å². The molecule has 5 aliphatic heterocycles. The van der Waals surface area contributed by atoms with Gasteiger partial charge < -0.3 is 85.3 Å². The molecule has 0 spiro atoms. The molecular formula is C90H99FO24. The maximum atomic E-state index is 14.1. The predicted octanol–water partition coefficient (Wildman–Crippen LogP) is 16.2. The van der Waals surface area contributed by atoms with E-state index in [-0.39, 0.29) is 35.3 Å². The zero-order chi connectivity index (χ0) is 80.2. The van der Waals surface area contributed by atoms with Gasteiger partial charge in [-0.15, -0.1) is 0 Å². The Kier molecular flexibility index (Phi) is 34.0. The Labute approximate surface area is 668 Å². The number of carbonyl (C=O) groups is 6. The van der Waals surface area contributed by atoms with Crippen molar-refractivity contribution < 1.29 is 118 Å². The summed E-state index contributed by atoms with van der Waals surface area (Å²) in [4.78, 5) is 75.0. The highest BCUT2D eigenvalue weighted by Gasteiger charge is 2.27. The molecule has 0 aliphatic carbocycles. The number of halogens is 1. The molecule has 5 heterocycles. The average molecular weight is 1580 g/mol. The molecule has 8 aromatic carbocycles. The molecule has 0 amide bonds. The number of carbonyl (C=O) groups excluding carboxylic acids is 6. The molecule has 5 atom stereocenters. The van der Waals surface area contributed by atoms with Gasteiger partial charge in [-0.05, 0) is 239 Å². The Morgan fingerprint density at radius 2 is 0.609 bits per heavy atom. The molecule has 610 valence electrons. The number of aryl methyl sites for hydroxylation is 1. The second-order valence-corrected chi connectivity index (χ2v) is 27.8. The Balaban J connectivity index is 0.000000177. The molecule has 5 fully saturated rings. The number of rotatable bonds is 47. The lowest BCUT2D eigenvalue weighted by molar-refractivity contribution is 0.0484. The van der Waals surface area contributed by atoms with Crippen LogP contribution in [0.4, 0.5) is 4.39 Å². The van der Waals surface area contributed by atoms with Crippen molar-refractivity contribution in [1.29, 1.82) is 0 Å². The van der Waals surface area contributed by atoms with Gasteiger partial charge in [0.15, 0.2) is 0 Å². The Hall–Kier alpha value is -10.8. The summed E-state index contributed by atoms with van der Waals surface area (Å²) >= 11 is 0. The summed E-state index contributed by atoms with van der Waals surface area (Å²) in [6, 6.07) is 48.5. The first kappa shape index (κ1) is 85.1. The minimum atomic E-state index is -0.855. The smallest absolute Gasteiger partial charge is 0.343 e. The molecule has 13 rings (SSSR count). The standard InChI is InChI=1S/C39H48O10.C30H29FO8.C21H22O6/c1-29-24-34(48-38(40)30-10-14-32(15-11-30)44-22-8-4-2-6-20-42-25-35-27-46-35)18-19-37(29)49-39(41)31-12-16-33(17-13-31)45-23-9-5-3-7-21-43-26-36-28-47-36;1-2-3-4-16-35-22-9-5-20(6-10-22)28(32)38-23-11-7-21(8-12-23)29(33)39-24-13-14-27(31)26(18-24)30(34)36-17-15-25-19-37-25;22-21(15-1-3-16(4-2-15)23-11-9-19-13-25-19)27-18-7-5-17(6-8-18)24-12-10-20-14-26-20/h10-19,24,35-36H,2-9,20-23,25-28H2,1H3;5-14,18,25H,2-4,15-17,19H2,1H3;1-8,19-20H,9-14H2. The molecule has 5 aliphatic rings. The van der Waals surface area contributed by atoms with Crippen molar-refractivity contribution in [2.45, 2.75) is 134 Å². The topological polar surface area (TPSA) is 285 Å². The van der Waals surface area contributed by atoms with E-state index >= 15 is 0 Å². The number of unbranched alkanes of at least 4 members (excludes halogenated alkanes) is 8. The van der Waals surface area contributed by atoms with Gasteiger partial charge in [-0.3, -0.25) is 0 Å². The number of ether oxygens (including phenoxy) is 18. The summed E-state index contributed by atoms with van der Waals surface area (Å²) < 4.78 is 112. The second kappa shape index (κ2) is 45.9. The van der Waals surface area contributed by atoms with Crippen LogP contribution in [0, 0.1) is 12.7 Å². The number of hydrogen-bond donors (Lipinski definition) is 0. The van der Waals surface area contributed by atoms with Crippen molar-refractivity contribution in [3.05, 3.63) is 227 Å². The normalized spacial score (nSPS) is 16.3. The van der Waals surface area contributed by atoms with Crippen molar-refractivity contribution in [2.24, 2.45) is 0 Å². The highest BCUT2D eigenvalue weighted by Crippen LogP contribution is 2.29. The van der Waals surface area contributed by atoms with Gasteiger partial charge in [-0.25, -0.2) is 33.2 Å². The molecule has 0 radical (unpaired) electrons. The van der Waals surface area contributed by atoms with Gasteiger partial charge >= 0.3 is 35.8 Å². The first-order valence-corrected chi connectivity index (χ1v) is 39.4. The third-order valence-corrected chi connectivity index (χ3v) is 18.3. The molecule has 0 saturated carbocycles. The third-order valence-electron chi connectivity index (χ3n) is 18.3. The van der Waals surface area contributed by atoms with E-state index in [1.165, 1.54) is 30.3 Å². The van der Waals surface area contributed by atoms with Gasteiger partial charge in [-0.2, -0.15) is 0 Å². The molecule has 5 unspecified atom stereocenters. The molecule has 115 heavy (non-hydrogen) atoms. The average Bonchev–Trinajstić information content (AvgIpc) is 1.73. The van der Waals surface area contributed by atoms with E-state index in [2.05, 4.69) is 6.92 Å². The molecule has 8 aromatic rings. The maximum absolute atomic E-state index is 14.1. The number of epoxide rings is 5. The van der Waals surface area contributed by atoms with Crippen LogP contribution in [-0.4, -0.2) is 165 Å². The fourth-order valence-electron chi connectivity index (χ4n) is 11.0. The van der Waals surface area contributed by atoms with Crippen LogP contribution in [0.1, 0.15) is 165 Å². The van der Waals surface area contributed by atoms with Gasteiger partial charge in [0, 0.05) is 32.5 Å². The van der Waals surface area contributed by atoms with E-state index in [1.807, 2.05) is 0 Å². The fraction of sp³-hybridized carbons (Fsp3) is 0.400. The first-order chi connectivity index (χ1) is 56.2. The van der Waals surface area contributed by atoms with Crippen molar-refractivity contribution >= 4 is 35.8 Å². The number of esters is 6. The minimum Gasteiger partial charge on any atom is -0.494 e. The van der Waals surface area contributed by atoms with Crippen molar-refractivity contribution in [3.8, 4) is 57.5 Å². The Morgan fingerprint density at radius 1 is 0.313 bits per heavy atom. The van der Waals surface area contributed by atoms with Crippen LogP contribution in [0.3, 0.4) is 0 Å². The zero-order valence-electron chi connectivity index (χ0n) is 64.9. The highest BCUT2D eigenvalue weighted by atomic mass is 19.1. The molecule has 0 bridgehead atoms. The lowest BCUT2D eigenvalue weighted by atomic mass is 10.2. The van der Waals surface area contributed by atoms with E-state index < -0.39 is 41.6 Å². The van der Waals surface area contributed by atoms with Gasteiger partial charge in [0.25, 0.3) is 0 Å². The minimum absolute atomic E-state index is 0.0211. The van der Waals surface area contributed by atoms with Gasteiger partial charge in [0.05, 0.1) is 138 Å². The van der Waals surface area contributed by atoms with Crippen LogP contribution in [0.15, 0.2) is 182 Å². The summed E-state index contributed by atoms with van der Waals surface area (Å²) in [5.74, 6) is 0.670. The number of benzene rings is 8. The first-order valence-electron chi connectivity index (χ1n) is 39.4. The SMILES string of the molecule is CCCCCOc1ccc(C(=O)Oc2ccc(C(=O)Oc3ccc(F)c(C(=O)OCCC4CO4)c3)cc2)cc1.Cc1cc(OC(=O)c2ccc(OCCCCCCOCC3CO3)cc2)ccc1OC(=O)c1ccc(OCCCCCCOCC2CO2)cc1.O=C(Oc1ccc(OCCC2CO2)cc1)c1ccc(OCCC2CO2)cc1. The fourth-order valence-corrected chi connectivity index (χ4v) is 11.0. The largest absolute Gasteiger partial charge is 0.494 e. The third kappa shape index (κ3) is 31.9. The van der Waals surface area contributed by atoms with E-state index in [1.54, 1.807) is 146 Å². The lowest BCUT2D eigenvalue weighted by Crippen LogP contribution is -2.12. The second-order valence-electron chi connectivity index (χ2n) is 27.8. The van der Waals surface area contributed by atoms with Crippen molar-refractivity contribution in [3.63, 3.8) is 0 Å². The van der Waals surface area contributed by atoms with Crippen LogP contribution < -0.4 is 47.4 Å². The maximum Gasteiger partial charge on any atom is 0.343 e. The molecular weight excluding hydrogens is 1480 g/mol. The van der Waals surface area contributed by atoms with Crippen LogP contribution in [0.5, 0.6) is 57.5 Å². The Bertz CT molecular complexity index is 4330. The number of hydrogen-bond acceptors (Lipinski definition) is 24. The summed E-state index contributed by atoms with van der Waals surface area (Å²) in [6.07, 6.45) is 15.3. The predicted molar refractivity (Wildman–Crippen MR) is 419 cm³/mol. The van der Waals surface area contributed by atoms with Crippen LogP contribution in [-0.2, 0) is 37.9 Å². The summed E-state index contributed by atoms with van der Waals surface area (Å²) in [6.45, 7) is 14.0. The lowest BCUT2D eigenvalue weighted by Gasteiger charge is -2.11. The van der Waals surface area contributed by atoms with Gasteiger partial charge in [0.2, 0.25) is 0 Å². The van der Waals surface area contributed by atoms with E-state index in [4.69, 9.17) is 85.3 Å². The quantitative estimate of drug-likeness (QED) is 0.0148. The highest BCUT2D eigenvalue weighted by molar-refractivity contribution is 5.95. The van der Waals surface area contributed by atoms with Gasteiger partial charge in [-0.1, -0.05) is 32.6 Å². The zero-order valence-corrected chi connectivity index (χ0v) is 64.9.